The molecular weight excluding hydrogens is 300 g/mol. The molecule has 0 bridgehead atoms. The summed E-state index contributed by atoms with van der Waals surface area (Å²) in [5.74, 6) is 0.622. The molecule has 0 spiro atoms. The fourth-order valence-corrected chi connectivity index (χ4v) is 3.30. The van der Waals surface area contributed by atoms with Gasteiger partial charge in [0.25, 0.3) is 0 Å². The van der Waals surface area contributed by atoms with Crippen molar-refractivity contribution >= 4 is 15.8 Å². The lowest BCUT2D eigenvalue weighted by molar-refractivity contribution is 0.582. The van der Waals surface area contributed by atoms with Gasteiger partial charge >= 0.3 is 0 Å². The number of sulfonamides is 1. The van der Waals surface area contributed by atoms with Gasteiger partial charge in [-0.2, -0.15) is 5.10 Å². The second-order valence-electron chi connectivity index (χ2n) is 5.15. The molecule has 0 unspecified atom stereocenters. The molecule has 0 radical (unpaired) electrons. The summed E-state index contributed by atoms with van der Waals surface area (Å²) < 4.78 is 27.2. The quantitative estimate of drug-likeness (QED) is 0.793. The standard InChI is InChI=1S/C15H20N4O2S/c1-11-4-5-12(2)14(10-11)22(20,21)17-9-8-16-15-7-6-13(3)18-19-15/h4-7,10,17H,8-9H2,1-3H3,(H,16,19). The summed E-state index contributed by atoms with van der Waals surface area (Å²) in [5, 5.41) is 10.9. The number of nitrogens with zero attached hydrogens (tertiary/aromatic N) is 2. The first-order valence-corrected chi connectivity index (χ1v) is 8.48. The highest BCUT2D eigenvalue weighted by Gasteiger charge is 2.16. The van der Waals surface area contributed by atoms with Gasteiger partial charge in [-0.3, -0.25) is 0 Å². The van der Waals surface area contributed by atoms with Crippen molar-refractivity contribution in [3.8, 4) is 0 Å². The highest BCUT2D eigenvalue weighted by atomic mass is 32.2. The fraction of sp³-hybridized carbons (Fsp3) is 0.333. The minimum absolute atomic E-state index is 0.269. The van der Waals surface area contributed by atoms with Crippen molar-refractivity contribution in [3.63, 3.8) is 0 Å². The van der Waals surface area contributed by atoms with Crippen molar-refractivity contribution in [3.05, 3.63) is 47.2 Å². The zero-order valence-corrected chi connectivity index (χ0v) is 13.7. The van der Waals surface area contributed by atoms with E-state index in [4.69, 9.17) is 0 Å². The number of hydrogen-bond acceptors (Lipinski definition) is 5. The van der Waals surface area contributed by atoms with Gasteiger partial charge in [0.15, 0.2) is 0 Å². The molecule has 7 heteroatoms. The minimum atomic E-state index is -3.50. The van der Waals surface area contributed by atoms with Crippen molar-refractivity contribution in [1.82, 2.24) is 14.9 Å². The molecule has 0 aliphatic carbocycles. The van der Waals surface area contributed by atoms with E-state index in [1.165, 1.54) is 0 Å². The number of nitrogens with one attached hydrogen (secondary N) is 2. The van der Waals surface area contributed by atoms with E-state index < -0.39 is 10.0 Å². The van der Waals surface area contributed by atoms with Crippen molar-refractivity contribution in [1.29, 1.82) is 0 Å². The van der Waals surface area contributed by atoms with Crippen LogP contribution in [0.15, 0.2) is 35.2 Å². The Morgan fingerprint density at radius 1 is 1.00 bits per heavy atom. The Bertz CT molecular complexity index is 743. The Balaban J connectivity index is 1.93. The third kappa shape index (κ3) is 4.25. The maximum Gasteiger partial charge on any atom is 0.240 e. The van der Waals surface area contributed by atoms with E-state index >= 15 is 0 Å². The van der Waals surface area contributed by atoms with Gasteiger partial charge < -0.3 is 5.32 Å². The molecular formula is C15H20N4O2S. The van der Waals surface area contributed by atoms with Crippen LogP contribution in [0, 0.1) is 20.8 Å². The van der Waals surface area contributed by atoms with Crippen LogP contribution >= 0.6 is 0 Å². The molecule has 1 aromatic carbocycles. The van der Waals surface area contributed by atoms with Gasteiger partial charge in [-0.1, -0.05) is 12.1 Å². The lowest BCUT2D eigenvalue weighted by Gasteiger charge is -2.10. The van der Waals surface area contributed by atoms with Crippen LogP contribution in [0.3, 0.4) is 0 Å². The van der Waals surface area contributed by atoms with E-state index in [0.717, 1.165) is 16.8 Å². The van der Waals surface area contributed by atoms with E-state index in [1.807, 2.05) is 38.1 Å². The second-order valence-corrected chi connectivity index (χ2v) is 6.89. The highest BCUT2D eigenvalue weighted by Crippen LogP contribution is 2.16. The maximum absolute atomic E-state index is 12.3. The van der Waals surface area contributed by atoms with Crippen molar-refractivity contribution < 1.29 is 8.42 Å². The van der Waals surface area contributed by atoms with Crippen LogP contribution in [0.5, 0.6) is 0 Å². The summed E-state index contributed by atoms with van der Waals surface area (Å²) in [5.41, 5.74) is 2.48. The number of rotatable bonds is 6. The average molecular weight is 320 g/mol. The molecule has 0 aliphatic heterocycles. The second kappa shape index (κ2) is 6.85. The van der Waals surface area contributed by atoms with E-state index in [2.05, 4.69) is 20.2 Å². The van der Waals surface area contributed by atoms with Gasteiger partial charge in [0.1, 0.15) is 5.82 Å². The van der Waals surface area contributed by atoms with Crippen LogP contribution < -0.4 is 10.0 Å². The van der Waals surface area contributed by atoms with E-state index in [-0.39, 0.29) is 6.54 Å². The summed E-state index contributed by atoms with van der Waals surface area (Å²) in [4.78, 5) is 0.322. The molecule has 0 saturated heterocycles. The third-order valence-electron chi connectivity index (χ3n) is 3.15. The van der Waals surface area contributed by atoms with Gasteiger partial charge in [-0.25, -0.2) is 13.1 Å². The van der Waals surface area contributed by atoms with Crippen LogP contribution in [0.1, 0.15) is 16.8 Å². The summed E-state index contributed by atoms with van der Waals surface area (Å²) in [6.07, 6.45) is 0. The van der Waals surface area contributed by atoms with Gasteiger partial charge in [-0.15, -0.1) is 5.10 Å². The van der Waals surface area contributed by atoms with Gasteiger partial charge in [0.2, 0.25) is 10.0 Å². The van der Waals surface area contributed by atoms with Crippen molar-refractivity contribution in [2.45, 2.75) is 25.7 Å². The zero-order chi connectivity index (χ0) is 16.2. The summed E-state index contributed by atoms with van der Waals surface area (Å²) in [6, 6.07) is 9.03. The molecule has 2 rings (SSSR count). The summed E-state index contributed by atoms with van der Waals surface area (Å²) in [7, 11) is -3.50. The molecule has 6 nitrogen and oxygen atoms in total. The highest BCUT2D eigenvalue weighted by molar-refractivity contribution is 7.89. The summed E-state index contributed by atoms with van der Waals surface area (Å²) in [6.45, 7) is 6.21. The first kappa shape index (κ1) is 16.4. The molecule has 0 aliphatic rings. The summed E-state index contributed by atoms with van der Waals surface area (Å²) >= 11 is 0. The van der Waals surface area contributed by atoms with Crippen LogP contribution in [0.2, 0.25) is 0 Å². The van der Waals surface area contributed by atoms with Crippen LogP contribution in [0.25, 0.3) is 0 Å². The smallest absolute Gasteiger partial charge is 0.240 e. The number of anilines is 1. The molecule has 2 aromatic rings. The van der Waals surface area contributed by atoms with Crippen LogP contribution in [0.4, 0.5) is 5.82 Å². The molecule has 2 N–H and O–H groups in total. The van der Waals surface area contributed by atoms with Crippen molar-refractivity contribution in [2.24, 2.45) is 0 Å². The Labute approximate surface area is 131 Å². The van der Waals surface area contributed by atoms with Crippen molar-refractivity contribution in [2.75, 3.05) is 18.4 Å². The number of hydrogen-bond donors (Lipinski definition) is 2. The Morgan fingerprint density at radius 2 is 1.77 bits per heavy atom. The lowest BCUT2D eigenvalue weighted by atomic mass is 10.2. The van der Waals surface area contributed by atoms with E-state index in [0.29, 0.717) is 17.3 Å². The SMILES string of the molecule is Cc1ccc(C)c(S(=O)(=O)NCCNc2ccc(C)nn2)c1. The normalized spacial score (nSPS) is 11.4. The maximum atomic E-state index is 12.3. The third-order valence-corrected chi connectivity index (χ3v) is 4.76. The van der Waals surface area contributed by atoms with Gasteiger partial charge in [0.05, 0.1) is 10.6 Å². The largest absolute Gasteiger partial charge is 0.367 e. The van der Waals surface area contributed by atoms with Crippen LogP contribution in [-0.4, -0.2) is 31.7 Å². The minimum Gasteiger partial charge on any atom is -0.367 e. The van der Waals surface area contributed by atoms with Gasteiger partial charge in [0, 0.05) is 13.1 Å². The Hall–Kier alpha value is -1.99. The molecule has 0 fully saturated rings. The lowest BCUT2D eigenvalue weighted by Crippen LogP contribution is -2.29. The fourth-order valence-electron chi connectivity index (χ4n) is 1.94. The number of benzene rings is 1. The number of aryl methyl sites for hydroxylation is 3. The first-order valence-electron chi connectivity index (χ1n) is 6.99. The zero-order valence-electron chi connectivity index (χ0n) is 12.9. The Kier molecular flexibility index (Phi) is 5.10. The topological polar surface area (TPSA) is 84.0 Å². The number of aromatic nitrogens is 2. The Morgan fingerprint density at radius 3 is 2.45 bits per heavy atom. The van der Waals surface area contributed by atoms with E-state index in [1.54, 1.807) is 13.0 Å². The molecule has 0 saturated carbocycles. The predicted molar refractivity (Wildman–Crippen MR) is 86.4 cm³/mol. The predicted octanol–water partition coefficient (Wildman–Crippen LogP) is 1.79. The van der Waals surface area contributed by atoms with Gasteiger partial charge in [-0.05, 0) is 50.1 Å². The average Bonchev–Trinajstić information content (AvgIpc) is 2.48. The monoisotopic (exact) mass is 320 g/mol. The van der Waals surface area contributed by atoms with Crippen LogP contribution in [-0.2, 0) is 10.0 Å². The molecule has 22 heavy (non-hydrogen) atoms. The molecule has 1 aromatic heterocycles. The molecule has 0 atom stereocenters. The van der Waals surface area contributed by atoms with E-state index in [9.17, 15) is 8.42 Å². The molecule has 1 heterocycles. The molecule has 118 valence electrons. The molecule has 0 amide bonds. The first-order chi connectivity index (χ1) is 10.4.